The number of rotatable bonds is 42. The van der Waals surface area contributed by atoms with Gasteiger partial charge in [0.25, 0.3) is 23.6 Å². The van der Waals surface area contributed by atoms with Gasteiger partial charge in [0.1, 0.15) is 36.2 Å². The molecule has 0 spiro atoms. The highest BCUT2D eigenvalue weighted by Crippen LogP contribution is 2.39. The molecule has 0 saturated carbocycles. The second-order valence-corrected chi connectivity index (χ2v) is 23.8. The number of ether oxygens (including phenoxy) is 10. The molecule has 0 N–H and O–H groups in total. The van der Waals surface area contributed by atoms with Crippen molar-refractivity contribution in [3.8, 4) is 23.0 Å². The number of imide groups is 2. The zero-order valence-corrected chi connectivity index (χ0v) is 57.0. The van der Waals surface area contributed by atoms with Gasteiger partial charge >= 0.3 is 5.97 Å². The van der Waals surface area contributed by atoms with E-state index in [1.165, 1.54) is 9.80 Å². The quantitative estimate of drug-likeness (QED) is 0.0152. The van der Waals surface area contributed by atoms with Crippen molar-refractivity contribution in [1.29, 1.82) is 0 Å². The van der Waals surface area contributed by atoms with Crippen molar-refractivity contribution in [2.75, 3.05) is 114 Å². The van der Waals surface area contributed by atoms with Crippen molar-refractivity contribution in [1.82, 2.24) is 9.80 Å². The number of carbonyl (C=O) groups excluding carboxylic acids is 5. The fourth-order valence-electron chi connectivity index (χ4n) is 11.5. The van der Waals surface area contributed by atoms with E-state index in [1.807, 2.05) is 72.8 Å². The summed E-state index contributed by atoms with van der Waals surface area (Å²) in [6.07, 6.45) is 22.1. The van der Waals surface area contributed by atoms with Gasteiger partial charge in [-0.05, 0) is 119 Å². The minimum absolute atomic E-state index is 0.106. The van der Waals surface area contributed by atoms with Crippen LogP contribution in [0.3, 0.4) is 0 Å². The van der Waals surface area contributed by atoms with E-state index in [0.717, 1.165) is 81.7 Å². The predicted octanol–water partition coefficient (Wildman–Crippen LogP) is 15.2. The van der Waals surface area contributed by atoms with Crippen molar-refractivity contribution in [3.63, 3.8) is 0 Å². The molecule has 0 radical (unpaired) electrons. The molecule has 9 rings (SSSR count). The third kappa shape index (κ3) is 20.8. The maximum absolute atomic E-state index is 13.7. The van der Waals surface area contributed by atoms with Crippen LogP contribution in [-0.4, -0.2) is 153 Å². The Bertz CT molecular complexity index is 3820. The fraction of sp³-hybridized carbons (Fsp3) is 0.346. The Morgan fingerprint density at radius 2 is 0.765 bits per heavy atom. The Balaban J connectivity index is 0.617. The maximum atomic E-state index is 13.7. The average Bonchev–Trinajstić information content (AvgIpc) is 0.714. The van der Waals surface area contributed by atoms with Crippen LogP contribution in [0.5, 0.6) is 23.0 Å². The maximum Gasteiger partial charge on any atom is 0.305 e. The van der Waals surface area contributed by atoms with E-state index >= 15 is 0 Å². The lowest BCUT2D eigenvalue weighted by Gasteiger charge is -2.33. The Labute approximate surface area is 575 Å². The van der Waals surface area contributed by atoms with Crippen LogP contribution in [0.1, 0.15) is 151 Å². The number of esters is 1. The highest BCUT2D eigenvalue weighted by Gasteiger charge is 2.40. The molecule has 0 aromatic heterocycles. The van der Waals surface area contributed by atoms with E-state index in [0.29, 0.717) is 136 Å². The molecule has 4 amide bonds. The second-order valence-electron chi connectivity index (χ2n) is 23.8. The van der Waals surface area contributed by atoms with Crippen molar-refractivity contribution in [3.05, 3.63) is 200 Å². The summed E-state index contributed by atoms with van der Waals surface area (Å²) in [6.45, 7) is 8.72. The first-order valence-corrected chi connectivity index (χ1v) is 33.9. The lowest BCUT2D eigenvalue weighted by Crippen LogP contribution is -2.44. The Morgan fingerprint density at radius 3 is 1.16 bits per heavy atom. The summed E-state index contributed by atoms with van der Waals surface area (Å²) in [5.74, 6) is 1.15. The number of hydrogen-bond acceptors (Lipinski definition) is 15. The molecule has 1 atom stereocenters. The van der Waals surface area contributed by atoms with Gasteiger partial charge in [-0.25, -0.2) is 0 Å². The summed E-state index contributed by atoms with van der Waals surface area (Å²) < 4.78 is 56.7. The molecule has 1 unspecified atom stereocenters. The first-order chi connectivity index (χ1) is 48.0. The van der Waals surface area contributed by atoms with Gasteiger partial charge in [0, 0.05) is 63.7 Å². The van der Waals surface area contributed by atoms with Crippen molar-refractivity contribution >= 4 is 89.0 Å². The van der Waals surface area contributed by atoms with Crippen LogP contribution in [0, 0.1) is 5.92 Å². The van der Waals surface area contributed by atoms with Crippen LogP contribution in [0.15, 0.2) is 133 Å². The minimum Gasteiger partial charge on any atom is -0.497 e. The van der Waals surface area contributed by atoms with Crippen LogP contribution in [-0.2, 0) is 33.2 Å². The van der Waals surface area contributed by atoms with E-state index in [9.17, 15) is 24.0 Å². The van der Waals surface area contributed by atoms with Gasteiger partial charge in [0.15, 0.2) is 0 Å². The number of hydrogen-bond donors (Lipinski definition) is 0. The Kier molecular flexibility index (Phi) is 28.6. The zero-order chi connectivity index (χ0) is 68.9. The highest BCUT2D eigenvalue weighted by atomic mass is 16.6. The van der Waals surface area contributed by atoms with Crippen molar-refractivity contribution < 1.29 is 71.3 Å². The number of methoxy groups -OCH3 is 3. The van der Waals surface area contributed by atoms with Crippen LogP contribution in [0.4, 0.5) is 0 Å². The van der Waals surface area contributed by atoms with Crippen LogP contribution in [0.25, 0.3) is 59.4 Å². The number of unbranched alkanes of at least 4 members (excludes halogenated alkanes) is 3. The molecule has 2 heterocycles. The lowest BCUT2D eigenvalue weighted by atomic mass is 9.85. The van der Waals surface area contributed by atoms with Gasteiger partial charge in [-0.15, -0.1) is 0 Å². The highest BCUT2D eigenvalue weighted by molar-refractivity contribution is 6.33. The molecule has 0 saturated heterocycles. The summed E-state index contributed by atoms with van der Waals surface area (Å²) in [4.78, 5) is 70.0. The number of carbonyl (C=O) groups is 5. The number of nitrogens with zero attached hydrogens (tertiary/aromatic N) is 2. The van der Waals surface area contributed by atoms with E-state index in [2.05, 4.69) is 98.8 Å². The third-order valence-electron chi connectivity index (χ3n) is 17.1. The third-order valence-corrected chi connectivity index (χ3v) is 17.1. The SMILES string of the molecule is CCCCC(CC)CN1C(=O)c2ccc3c4c(ccc(c24)C1=O)C(=O)N(CCCCCC(=O)OCCOCCOCCOCCOCCOCCOc1cc(/C=C/c2ccc(/C=C/c4ccc(OC)cc4)cc2)c(OC)cc1/C=C/c1ccc(/C=C/c2ccc(OC)cc2)cc1)C3=O. The first kappa shape index (κ1) is 72.8. The summed E-state index contributed by atoms with van der Waals surface area (Å²) in [5, 5.41) is 0.741. The van der Waals surface area contributed by atoms with Gasteiger partial charge in [-0.1, -0.05) is 161 Å². The molecule has 514 valence electrons. The molecule has 0 bridgehead atoms. The second kappa shape index (κ2) is 38.5. The molecule has 0 aliphatic carbocycles. The zero-order valence-electron chi connectivity index (χ0n) is 57.0. The molecule has 98 heavy (non-hydrogen) atoms. The predicted molar refractivity (Wildman–Crippen MR) is 385 cm³/mol. The summed E-state index contributed by atoms with van der Waals surface area (Å²) in [7, 11) is 4.99. The van der Waals surface area contributed by atoms with Gasteiger partial charge in [-0.2, -0.15) is 0 Å². The average molecular weight is 1330 g/mol. The minimum atomic E-state index is -0.465. The fourth-order valence-corrected chi connectivity index (χ4v) is 11.5. The smallest absolute Gasteiger partial charge is 0.305 e. The first-order valence-electron chi connectivity index (χ1n) is 33.9. The molecule has 7 aromatic carbocycles. The van der Waals surface area contributed by atoms with Gasteiger partial charge < -0.3 is 47.4 Å². The van der Waals surface area contributed by atoms with Crippen molar-refractivity contribution in [2.45, 2.75) is 65.2 Å². The van der Waals surface area contributed by atoms with Gasteiger partial charge in [-0.3, -0.25) is 33.8 Å². The number of amides is 4. The Morgan fingerprint density at radius 1 is 0.398 bits per heavy atom. The lowest BCUT2D eigenvalue weighted by molar-refractivity contribution is -0.145. The van der Waals surface area contributed by atoms with Crippen LogP contribution >= 0.6 is 0 Å². The standard InChI is InChI=1S/C81H90N2O15/c1-6-8-12-58(7-2)57-83-80(87)71-40-38-69-76-70(39-41-72(77(71)76)81(83)88)79(86)82(78(69)85)42-11-9-10-13-75(84)98-54-52-96-50-48-94-46-44-92-43-45-93-47-49-95-51-53-97-74-56-65(32-26-61-20-14-59(15-21-61)18-24-63-28-34-67(89-3)35-29-63)73(91-5)55-66(74)33-27-62-22-16-60(17-23-62)19-25-64-30-36-68(90-4)37-31-64/h14-41,55-56,58H,6-13,42-54,57H2,1-5H3/b24-18+,25-19+,32-26+,33-27+. The molecule has 0 fully saturated rings. The van der Waals surface area contributed by atoms with Crippen molar-refractivity contribution in [2.24, 2.45) is 5.92 Å². The molecule has 7 aromatic rings. The molecule has 17 nitrogen and oxygen atoms in total. The summed E-state index contributed by atoms with van der Waals surface area (Å²) in [5.41, 5.74) is 9.37. The van der Waals surface area contributed by atoms with E-state index < -0.39 is 23.6 Å². The molecule has 17 heteroatoms. The van der Waals surface area contributed by atoms with E-state index in [4.69, 9.17) is 47.4 Å². The monoisotopic (exact) mass is 1330 g/mol. The van der Waals surface area contributed by atoms with Gasteiger partial charge in [0.2, 0.25) is 0 Å². The summed E-state index contributed by atoms with van der Waals surface area (Å²) in [6, 6.07) is 43.0. The number of benzene rings is 7. The van der Waals surface area contributed by atoms with E-state index in [1.54, 1.807) is 45.6 Å². The normalized spacial score (nSPS) is 13.3. The Hall–Kier alpha value is -9.49. The molecule has 2 aliphatic heterocycles. The molecular formula is C81H90N2O15. The summed E-state index contributed by atoms with van der Waals surface area (Å²) >= 11 is 0. The molecular weight excluding hydrogens is 1240 g/mol. The van der Waals surface area contributed by atoms with Crippen LogP contribution in [0.2, 0.25) is 0 Å². The topological polar surface area (TPSA) is 184 Å². The molecule has 2 aliphatic rings. The van der Waals surface area contributed by atoms with E-state index in [-0.39, 0.29) is 38.1 Å². The van der Waals surface area contributed by atoms with Gasteiger partial charge in [0.05, 0.1) is 87.4 Å². The largest absolute Gasteiger partial charge is 0.497 e. The van der Waals surface area contributed by atoms with Crippen LogP contribution < -0.4 is 18.9 Å².